The number of benzene rings is 1. The molecular weight excluding hydrogens is 410 g/mol. The van der Waals surface area contributed by atoms with Gasteiger partial charge >= 0.3 is 0 Å². The average Bonchev–Trinajstić information content (AvgIpc) is 3.13. The molecule has 1 unspecified atom stereocenters. The molecule has 29 heavy (non-hydrogen) atoms. The fourth-order valence-electron chi connectivity index (χ4n) is 2.85. The summed E-state index contributed by atoms with van der Waals surface area (Å²) in [6, 6.07) is 9.36. The minimum atomic E-state index is -0.0950. The van der Waals surface area contributed by atoms with Crippen LogP contribution in [0.4, 0.5) is 0 Å². The standard InChI is InChI=1S/C20H22ClN5O2S/c1-13(11-28-3)23-18(27)12-29-20-25-24-19(15-7-9-22-10-8-15)26(20)17-6-4-5-16(21)14(17)2/h4-10,13H,11-12H2,1-3H3,(H,23,27). The lowest BCUT2D eigenvalue weighted by atomic mass is 10.2. The summed E-state index contributed by atoms with van der Waals surface area (Å²) in [5.41, 5.74) is 2.64. The van der Waals surface area contributed by atoms with Gasteiger partial charge in [-0.15, -0.1) is 10.2 Å². The van der Waals surface area contributed by atoms with Gasteiger partial charge in [0.25, 0.3) is 0 Å². The number of thioether (sulfide) groups is 1. The van der Waals surface area contributed by atoms with E-state index >= 15 is 0 Å². The molecule has 2 aromatic heterocycles. The van der Waals surface area contributed by atoms with Crippen molar-refractivity contribution in [3.05, 3.63) is 53.3 Å². The zero-order valence-corrected chi connectivity index (χ0v) is 18.0. The number of carbonyl (C=O) groups is 1. The maximum atomic E-state index is 12.3. The van der Waals surface area contributed by atoms with Crippen LogP contribution in [0.5, 0.6) is 0 Å². The number of ether oxygens (including phenoxy) is 1. The number of nitrogens with one attached hydrogen (secondary N) is 1. The highest BCUT2D eigenvalue weighted by Gasteiger charge is 2.19. The van der Waals surface area contributed by atoms with Crippen molar-refractivity contribution in [2.75, 3.05) is 19.5 Å². The van der Waals surface area contributed by atoms with Gasteiger partial charge in [0.2, 0.25) is 5.91 Å². The third-order valence-corrected chi connectivity index (χ3v) is 5.55. The van der Waals surface area contributed by atoms with Crippen LogP contribution in [-0.2, 0) is 9.53 Å². The number of rotatable bonds is 8. The van der Waals surface area contributed by atoms with Gasteiger partial charge in [-0.2, -0.15) is 0 Å². The third kappa shape index (κ3) is 5.14. The molecule has 0 spiro atoms. The Hall–Kier alpha value is -2.42. The van der Waals surface area contributed by atoms with E-state index in [0.29, 0.717) is 22.6 Å². The molecule has 0 radical (unpaired) electrons. The Labute approximate surface area is 178 Å². The Kier molecular flexibility index (Phi) is 7.24. The van der Waals surface area contributed by atoms with Gasteiger partial charge in [0.15, 0.2) is 11.0 Å². The molecule has 0 aliphatic carbocycles. The zero-order chi connectivity index (χ0) is 20.8. The molecule has 1 atom stereocenters. The fourth-order valence-corrected chi connectivity index (χ4v) is 3.77. The van der Waals surface area contributed by atoms with Crippen molar-refractivity contribution in [3.8, 4) is 17.1 Å². The van der Waals surface area contributed by atoms with Gasteiger partial charge in [-0.05, 0) is 43.7 Å². The second kappa shape index (κ2) is 9.87. The van der Waals surface area contributed by atoms with Gasteiger partial charge in [0.1, 0.15) is 0 Å². The molecule has 0 bridgehead atoms. The zero-order valence-electron chi connectivity index (χ0n) is 16.4. The minimum Gasteiger partial charge on any atom is -0.383 e. The summed E-state index contributed by atoms with van der Waals surface area (Å²) >= 11 is 7.67. The molecule has 9 heteroatoms. The van der Waals surface area contributed by atoms with Crippen LogP contribution < -0.4 is 5.32 Å². The normalized spacial score (nSPS) is 12.0. The number of hydrogen-bond acceptors (Lipinski definition) is 6. The lowest BCUT2D eigenvalue weighted by molar-refractivity contribution is -0.119. The highest BCUT2D eigenvalue weighted by Crippen LogP contribution is 2.31. The number of carbonyl (C=O) groups excluding carboxylic acids is 1. The molecule has 1 aromatic carbocycles. The first kappa shape index (κ1) is 21.3. The van der Waals surface area contributed by atoms with Crippen molar-refractivity contribution in [2.45, 2.75) is 25.0 Å². The summed E-state index contributed by atoms with van der Waals surface area (Å²) in [4.78, 5) is 16.3. The molecule has 0 saturated carbocycles. The van der Waals surface area contributed by atoms with E-state index in [1.165, 1.54) is 11.8 Å². The van der Waals surface area contributed by atoms with E-state index in [2.05, 4.69) is 20.5 Å². The first-order valence-electron chi connectivity index (χ1n) is 9.03. The van der Waals surface area contributed by atoms with Crippen LogP contribution >= 0.6 is 23.4 Å². The van der Waals surface area contributed by atoms with Gasteiger partial charge in [-0.1, -0.05) is 29.4 Å². The summed E-state index contributed by atoms with van der Waals surface area (Å²) in [6.07, 6.45) is 3.41. The van der Waals surface area contributed by atoms with E-state index in [1.807, 2.05) is 48.7 Å². The van der Waals surface area contributed by atoms with Crippen LogP contribution in [0, 0.1) is 6.92 Å². The number of amides is 1. The van der Waals surface area contributed by atoms with Crippen LogP contribution in [0.1, 0.15) is 12.5 Å². The van der Waals surface area contributed by atoms with Crippen molar-refractivity contribution in [3.63, 3.8) is 0 Å². The summed E-state index contributed by atoms with van der Waals surface area (Å²) in [5.74, 6) is 0.776. The number of aromatic nitrogens is 4. The van der Waals surface area contributed by atoms with Gasteiger partial charge < -0.3 is 10.1 Å². The third-order valence-electron chi connectivity index (χ3n) is 4.21. The van der Waals surface area contributed by atoms with E-state index in [9.17, 15) is 4.79 Å². The Balaban J connectivity index is 1.93. The first-order chi connectivity index (χ1) is 14.0. The molecule has 0 fully saturated rings. The predicted octanol–water partition coefficient (Wildman–Crippen LogP) is 3.53. The van der Waals surface area contributed by atoms with Gasteiger partial charge in [-0.25, -0.2) is 0 Å². The summed E-state index contributed by atoms with van der Waals surface area (Å²) in [7, 11) is 1.60. The predicted molar refractivity (Wildman–Crippen MR) is 115 cm³/mol. The lowest BCUT2D eigenvalue weighted by Crippen LogP contribution is -2.36. The second-order valence-electron chi connectivity index (χ2n) is 6.47. The lowest BCUT2D eigenvalue weighted by Gasteiger charge is -2.15. The molecule has 0 aliphatic heterocycles. The minimum absolute atomic E-state index is 0.0616. The average molecular weight is 432 g/mol. The van der Waals surface area contributed by atoms with Crippen molar-refractivity contribution < 1.29 is 9.53 Å². The van der Waals surface area contributed by atoms with Crippen molar-refractivity contribution in [1.29, 1.82) is 0 Å². The summed E-state index contributed by atoms with van der Waals surface area (Å²) in [5, 5.41) is 12.9. The van der Waals surface area contributed by atoms with Crippen LogP contribution in [0.3, 0.4) is 0 Å². The molecule has 1 amide bonds. The molecule has 3 rings (SSSR count). The van der Waals surface area contributed by atoms with Crippen molar-refractivity contribution in [1.82, 2.24) is 25.1 Å². The van der Waals surface area contributed by atoms with E-state index in [1.54, 1.807) is 19.5 Å². The molecule has 0 saturated heterocycles. The summed E-state index contributed by atoms with van der Waals surface area (Å²) < 4.78 is 6.98. The topological polar surface area (TPSA) is 81.9 Å². The fraction of sp³-hybridized carbons (Fsp3) is 0.300. The van der Waals surface area contributed by atoms with Crippen LogP contribution in [-0.4, -0.2) is 51.2 Å². The van der Waals surface area contributed by atoms with E-state index in [4.69, 9.17) is 16.3 Å². The van der Waals surface area contributed by atoms with Crippen molar-refractivity contribution in [2.24, 2.45) is 0 Å². The Morgan fingerprint density at radius 3 is 2.76 bits per heavy atom. The number of nitrogens with zero attached hydrogens (tertiary/aromatic N) is 4. The van der Waals surface area contributed by atoms with Gasteiger partial charge in [0.05, 0.1) is 18.0 Å². The molecule has 3 aromatic rings. The second-order valence-corrected chi connectivity index (χ2v) is 7.82. The Morgan fingerprint density at radius 1 is 1.28 bits per heavy atom. The largest absolute Gasteiger partial charge is 0.383 e. The maximum absolute atomic E-state index is 12.3. The maximum Gasteiger partial charge on any atom is 0.230 e. The number of pyridine rings is 1. The monoisotopic (exact) mass is 431 g/mol. The van der Waals surface area contributed by atoms with Crippen LogP contribution in [0.25, 0.3) is 17.1 Å². The van der Waals surface area contributed by atoms with E-state index in [0.717, 1.165) is 16.8 Å². The highest BCUT2D eigenvalue weighted by molar-refractivity contribution is 7.99. The van der Waals surface area contributed by atoms with Crippen LogP contribution in [0.15, 0.2) is 47.9 Å². The van der Waals surface area contributed by atoms with Crippen LogP contribution in [0.2, 0.25) is 5.02 Å². The highest BCUT2D eigenvalue weighted by atomic mass is 35.5. The smallest absolute Gasteiger partial charge is 0.230 e. The number of hydrogen-bond donors (Lipinski definition) is 1. The summed E-state index contributed by atoms with van der Waals surface area (Å²) in [6.45, 7) is 4.30. The SMILES string of the molecule is COCC(C)NC(=O)CSc1nnc(-c2ccncc2)n1-c1cccc(Cl)c1C. The molecular formula is C20H22ClN5O2S. The molecule has 1 N–H and O–H groups in total. The number of halogens is 1. The molecule has 7 nitrogen and oxygen atoms in total. The Morgan fingerprint density at radius 2 is 2.03 bits per heavy atom. The van der Waals surface area contributed by atoms with Gasteiger partial charge in [-0.3, -0.25) is 14.3 Å². The number of methoxy groups -OCH3 is 1. The van der Waals surface area contributed by atoms with E-state index < -0.39 is 0 Å². The quantitative estimate of drug-likeness (QED) is 0.549. The van der Waals surface area contributed by atoms with Crippen molar-refractivity contribution >= 4 is 29.3 Å². The first-order valence-corrected chi connectivity index (χ1v) is 10.4. The Bertz CT molecular complexity index is 980. The molecule has 152 valence electrons. The molecule has 2 heterocycles. The van der Waals surface area contributed by atoms with E-state index in [-0.39, 0.29) is 17.7 Å². The molecule has 0 aliphatic rings. The van der Waals surface area contributed by atoms with Gasteiger partial charge in [0, 0.05) is 36.1 Å².